The maximum Gasteiger partial charge on any atom is 0.330 e. The van der Waals surface area contributed by atoms with Gasteiger partial charge in [-0.2, -0.15) is 5.10 Å². The van der Waals surface area contributed by atoms with Crippen molar-refractivity contribution >= 4 is 68.7 Å². The summed E-state index contributed by atoms with van der Waals surface area (Å²) >= 11 is 1.48. The Hall–Kier alpha value is -8.12. The van der Waals surface area contributed by atoms with Crippen molar-refractivity contribution in [2.75, 3.05) is 38.0 Å². The molecule has 0 aliphatic heterocycles. The second-order valence-electron chi connectivity index (χ2n) is 20.8. The van der Waals surface area contributed by atoms with Crippen molar-refractivity contribution in [3.63, 3.8) is 0 Å². The van der Waals surface area contributed by atoms with E-state index in [1.54, 1.807) is 78.0 Å². The summed E-state index contributed by atoms with van der Waals surface area (Å²) in [6.07, 6.45) is 15.1. The number of hydrogen-bond acceptors (Lipinski definition) is 18. The number of aromatic nitrogens is 1. The molecular formula is C65H75N3O14S. The summed E-state index contributed by atoms with van der Waals surface area (Å²) in [4.78, 5) is 81.0. The number of hydrazone groups is 1. The molecule has 2 saturated carbocycles. The molecule has 17 nitrogen and oxygen atoms in total. The molecule has 2 fully saturated rings. The van der Waals surface area contributed by atoms with E-state index in [-0.39, 0.29) is 47.6 Å². The van der Waals surface area contributed by atoms with Gasteiger partial charge in [0.1, 0.15) is 34.5 Å². The highest BCUT2D eigenvalue weighted by Gasteiger charge is 2.33. The van der Waals surface area contributed by atoms with E-state index in [2.05, 4.69) is 19.7 Å². The molecule has 0 bridgehead atoms. The zero-order chi connectivity index (χ0) is 58.8. The number of unbranched alkanes of at least 4 members (excludes halogenated alkanes) is 6. The van der Waals surface area contributed by atoms with Crippen molar-refractivity contribution in [3.05, 3.63) is 134 Å². The van der Waals surface area contributed by atoms with Crippen molar-refractivity contribution < 1.29 is 66.7 Å². The highest BCUT2D eigenvalue weighted by Crippen LogP contribution is 2.36. The van der Waals surface area contributed by atoms with Crippen molar-refractivity contribution in [1.29, 1.82) is 0 Å². The lowest BCUT2D eigenvalue weighted by atomic mass is 9.80. The Balaban J connectivity index is 0.885. The standard InChI is InChI=1S/C65H75N3O14S/c1-5-59(69)77-39-15-9-7-13-37-75-51-27-31-53(32-28-51)80-62(72)47-21-19-46(20-22-47)41-61(71)79-55-35-36-57(50(42-55)43-66-68(44-45(3)4)65-67-56-17-11-12-18-58(56)83-65)82-64(74)49-25-23-48(24-26-49)63(73)81-54-33-29-52(30-34-54)76-38-14-8-10-16-40-78-60(70)6-2/h5-6,11-12,17-18,27-36,42-43,46-49H,1-3,7-10,13-16,19-26,37-41,44H2,4H3/b66-43+. The van der Waals surface area contributed by atoms with Crippen LogP contribution in [0, 0.1) is 23.7 Å². The lowest BCUT2D eigenvalue weighted by molar-refractivity contribution is -0.145. The Labute approximate surface area is 489 Å². The second kappa shape index (κ2) is 33.1. The molecule has 440 valence electrons. The number of para-hydroxylation sites is 1. The predicted molar refractivity (Wildman–Crippen MR) is 317 cm³/mol. The summed E-state index contributed by atoms with van der Waals surface area (Å²) in [7, 11) is 0. The molecule has 7 rings (SSSR count). The van der Waals surface area contributed by atoms with E-state index in [0.717, 1.165) is 79.3 Å². The summed E-state index contributed by atoms with van der Waals surface area (Å²) in [5.74, 6) is -0.881. The number of nitrogens with zero attached hydrogens (tertiary/aromatic N) is 3. The van der Waals surface area contributed by atoms with Gasteiger partial charge in [0.2, 0.25) is 5.13 Å². The van der Waals surface area contributed by atoms with E-state index < -0.39 is 29.8 Å². The Kier molecular flexibility index (Phi) is 24.9. The molecule has 2 aliphatic rings. The van der Waals surface area contributed by atoms with E-state index >= 15 is 0 Å². The fourth-order valence-electron chi connectivity index (χ4n) is 9.63. The number of esters is 6. The first-order valence-corrected chi connectivity index (χ1v) is 29.5. The van der Waals surface area contributed by atoms with Gasteiger partial charge in [-0.3, -0.25) is 19.2 Å². The van der Waals surface area contributed by atoms with E-state index in [1.165, 1.54) is 11.3 Å². The molecule has 0 atom stereocenters. The van der Waals surface area contributed by atoms with E-state index in [4.69, 9.17) is 48.0 Å². The topological polar surface area (TPSA) is 205 Å². The van der Waals surface area contributed by atoms with Gasteiger partial charge in [-0.25, -0.2) is 19.6 Å². The third-order valence-corrected chi connectivity index (χ3v) is 15.3. The lowest BCUT2D eigenvalue weighted by Crippen LogP contribution is -2.30. The summed E-state index contributed by atoms with van der Waals surface area (Å²) in [5, 5.41) is 7.17. The molecule has 0 radical (unpaired) electrons. The average molecular weight is 1150 g/mol. The number of fused-ring (bicyclic) bond motifs is 1. The minimum absolute atomic E-state index is 0.00900. The van der Waals surface area contributed by atoms with Crippen LogP contribution in [-0.2, 0) is 38.2 Å². The molecular weight excluding hydrogens is 1080 g/mol. The molecule has 1 heterocycles. The molecule has 18 heteroatoms. The SMILES string of the molecule is C=CC(=O)OCCCCCCOc1ccc(OC(=O)C2CCC(CC(=O)Oc3ccc(OC(=O)C4CCC(C(=O)Oc5ccc(OCCCCCCOC(=O)C=C)cc5)CC4)c(/C=N/N(CC(=C)C)c4nc5ccccc5s4)c3)CC2)cc1. The Morgan fingerprint density at radius 1 is 0.578 bits per heavy atom. The van der Waals surface area contributed by atoms with Crippen LogP contribution in [0.15, 0.2) is 134 Å². The highest BCUT2D eigenvalue weighted by atomic mass is 32.1. The van der Waals surface area contributed by atoms with Crippen LogP contribution in [0.5, 0.6) is 34.5 Å². The summed E-state index contributed by atoms with van der Waals surface area (Å²) < 4.78 is 46.1. The van der Waals surface area contributed by atoms with Gasteiger partial charge in [0.05, 0.1) is 67.2 Å². The summed E-state index contributed by atoms with van der Waals surface area (Å²) in [6.45, 7) is 14.9. The maximum atomic E-state index is 13.9. The molecule has 2 aliphatic carbocycles. The van der Waals surface area contributed by atoms with Crippen LogP contribution < -0.4 is 33.4 Å². The molecule has 5 aromatic rings. The molecule has 0 unspecified atom stereocenters. The molecule has 0 N–H and O–H groups in total. The number of anilines is 1. The Morgan fingerprint density at radius 3 is 1.55 bits per heavy atom. The van der Waals surface area contributed by atoms with Gasteiger partial charge in [-0.15, -0.1) is 0 Å². The third-order valence-electron chi connectivity index (χ3n) is 14.2. The van der Waals surface area contributed by atoms with Crippen LogP contribution in [0.3, 0.4) is 0 Å². The van der Waals surface area contributed by atoms with Crippen molar-refractivity contribution in [1.82, 2.24) is 4.98 Å². The first-order chi connectivity index (χ1) is 40.3. The van der Waals surface area contributed by atoms with Crippen LogP contribution in [0.4, 0.5) is 5.13 Å². The largest absolute Gasteiger partial charge is 0.494 e. The quantitative estimate of drug-likeness (QED) is 0.00747. The number of benzene rings is 4. The van der Waals surface area contributed by atoms with Crippen LogP contribution in [-0.4, -0.2) is 80.0 Å². The predicted octanol–water partition coefficient (Wildman–Crippen LogP) is 13.1. The maximum absolute atomic E-state index is 13.9. The lowest BCUT2D eigenvalue weighted by Gasteiger charge is -2.26. The first kappa shape index (κ1) is 62.5. The second-order valence-corrected chi connectivity index (χ2v) is 21.9. The van der Waals surface area contributed by atoms with Gasteiger partial charge in [0, 0.05) is 24.1 Å². The number of rotatable bonds is 32. The van der Waals surface area contributed by atoms with Crippen molar-refractivity contribution in [2.45, 2.75) is 116 Å². The fraction of sp³-hybridized carbons (Fsp3) is 0.415. The fourth-order valence-corrected chi connectivity index (χ4v) is 10.6. The van der Waals surface area contributed by atoms with Crippen LogP contribution in [0.25, 0.3) is 10.2 Å². The number of ether oxygens (including phenoxy) is 8. The zero-order valence-electron chi connectivity index (χ0n) is 47.3. The number of hydrogen-bond donors (Lipinski definition) is 0. The van der Waals surface area contributed by atoms with Gasteiger partial charge >= 0.3 is 35.8 Å². The van der Waals surface area contributed by atoms with E-state index in [0.29, 0.717) is 118 Å². The zero-order valence-corrected chi connectivity index (χ0v) is 48.2. The molecule has 0 amide bonds. The summed E-state index contributed by atoms with van der Waals surface area (Å²) in [5.41, 5.74) is 2.06. The first-order valence-electron chi connectivity index (χ1n) is 28.7. The van der Waals surface area contributed by atoms with Gasteiger partial charge in [-0.1, -0.05) is 48.8 Å². The van der Waals surface area contributed by atoms with Gasteiger partial charge in [0.15, 0.2) is 0 Å². The third kappa shape index (κ3) is 21.0. The van der Waals surface area contributed by atoms with Gasteiger partial charge in [0.25, 0.3) is 0 Å². The minimum Gasteiger partial charge on any atom is -0.494 e. The van der Waals surface area contributed by atoms with Crippen LogP contribution in [0.2, 0.25) is 0 Å². The average Bonchev–Trinajstić information content (AvgIpc) is 3.99. The number of thiazole rings is 1. The normalized spacial score (nSPS) is 16.7. The number of carbonyl (C=O) groups is 6. The minimum atomic E-state index is -0.471. The van der Waals surface area contributed by atoms with E-state index in [1.807, 2.05) is 31.2 Å². The Bertz CT molecular complexity index is 2980. The highest BCUT2D eigenvalue weighted by molar-refractivity contribution is 7.22. The molecule has 0 spiro atoms. The molecule has 1 aromatic heterocycles. The van der Waals surface area contributed by atoms with Gasteiger partial charge in [-0.05, 0) is 194 Å². The monoisotopic (exact) mass is 1150 g/mol. The van der Waals surface area contributed by atoms with Crippen molar-refractivity contribution in [2.24, 2.45) is 28.8 Å². The number of carbonyl (C=O) groups excluding carboxylic acids is 6. The Morgan fingerprint density at radius 2 is 1.05 bits per heavy atom. The molecule has 0 saturated heterocycles. The van der Waals surface area contributed by atoms with Crippen molar-refractivity contribution in [3.8, 4) is 34.5 Å². The van der Waals surface area contributed by atoms with Gasteiger partial charge < -0.3 is 37.9 Å². The van der Waals surface area contributed by atoms with Crippen LogP contribution in [0.1, 0.15) is 122 Å². The van der Waals surface area contributed by atoms with E-state index in [9.17, 15) is 28.8 Å². The van der Waals surface area contributed by atoms with Crippen LogP contribution >= 0.6 is 11.3 Å². The summed E-state index contributed by atoms with van der Waals surface area (Å²) in [6, 6.07) is 26.5. The smallest absolute Gasteiger partial charge is 0.330 e. The molecule has 4 aromatic carbocycles. The molecule has 83 heavy (non-hydrogen) atoms.